The molecule has 0 aromatic heterocycles. The van der Waals surface area contributed by atoms with Crippen LogP contribution in [0.2, 0.25) is 0 Å². The second kappa shape index (κ2) is 6.10. The monoisotopic (exact) mass is 282 g/mol. The number of ketones is 1. The predicted octanol–water partition coefficient (Wildman–Crippen LogP) is 3.54. The van der Waals surface area contributed by atoms with E-state index in [2.05, 4.69) is 0 Å². The first kappa shape index (κ1) is 13.8. The van der Waals surface area contributed by atoms with Crippen molar-refractivity contribution in [2.45, 2.75) is 26.1 Å². The Kier molecular flexibility index (Phi) is 4.02. The van der Waals surface area contributed by atoms with Gasteiger partial charge in [-0.15, -0.1) is 0 Å². The third kappa shape index (κ3) is 3.14. The van der Waals surface area contributed by atoms with E-state index in [0.29, 0.717) is 19.6 Å². The molecule has 0 atom stereocenters. The summed E-state index contributed by atoms with van der Waals surface area (Å²) in [7, 11) is 1.65. The summed E-state index contributed by atoms with van der Waals surface area (Å²) in [6, 6.07) is 13.9. The minimum atomic E-state index is 0.252. The van der Waals surface area contributed by atoms with E-state index in [1.54, 1.807) is 7.11 Å². The summed E-state index contributed by atoms with van der Waals surface area (Å²) in [6.45, 7) is 1.07. The highest BCUT2D eigenvalue weighted by Gasteiger charge is 2.19. The van der Waals surface area contributed by atoms with Gasteiger partial charge in [-0.05, 0) is 41.3 Å². The van der Waals surface area contributed by atoms with Crippen molar-refractivity contribution < 1.29 is 14.3 Å². The van der Waals surface area contributed by atoms with Crippen molar-refractivity contribution in [3.8, 4) is 5.75 Å². The highest BCUT2D eigenvalue weighted by Crippen LogP contribution is 2.23. The number of carbonyl (C=O) groups excluding carboxylic acids is 1. The van der Waals surface area contributed by atoms with Crippen molar-refractivity contribution in [1.82, 2.24) is 0 Å². The average molecular weight is 282 g/mol. The molecule has 0 unspecified atom stereocenters. The SMILES string of the molecule is COc1ccc(COCc2ccc3c(c2)C(=O)CC3)cc1. The minimum Gasteiger partial charge on any atom is -0.497 e. The fourth-order valence-corrected chi connectivity index (χ4v) is 2.58. The first-order chi connectivity index (χ1) is 10.3. The molecule has 3 rings (SSSR count). The molecule has 2 aromatic rings. The summed E-state index contributed by atoms with van der Waals surface area (Å²) < 4.78 is 10.8. The van der Waals surface area contributed by atoms with Gasteiger partial charge < -0.3 is 9.47 Å². The van der Waals surface area contributed by atoms with Gasteiger partial charge in [-0.1, -0.05) is 24.3 Å². The molecule has 2 aromatic carbocycles. The molecule has 0 fully saturated rings. The highest BCUT2D eigenvalue weighted by molar-refractivity contribution is 6.00. The second-order valence-corrected chi connectivity index (χ2v) is 5.26. The first-order valence-corrected chi connectivity index (χ1v) is 7.12. The third-order valence-corrected chi connectivity index (χ3v) is 3.79. The maximum atomic E-state index is 11.7. The van der Waals surface area contributed by atoms with Crippen LogP contribution in [0.1, 0.15) is 33.5 Å². The fraction of sp³-hybridized carbons (Fsp3) is 0.278. The van der Waals surface area contributed by atoms with Gasteiger partial charge >= 0.3 is 0 Å². The van der Waals surface area contributed by atoms with Crippen LogP contribution >= 0.6 is 0 Å². The summed E-state index contributed by atoms with van der Waals surface area (Å²) in [5.41, 5.74) is 4.20. The van der Waals surface area contributed by atoms with Gasteiger partial charge in [0.15, 0.2) is 5.78 Å². The largest absolute Gasteiger partial charge is 0.497 e. The van der Waals surface area contributed by atoms with Crippen LogP contribution in [-0.4, -0.2) is 12.9 Å². The normalized spacial score (nSPS) is 13.3. The molecule has 3 nitrogen and oxygen atoms in total. The Balaban J connectivity index is 1.58. The molecule has 1 aliphatic carbocycles. The number of hydrogen-bond donors (Lipinski definition) is 0. The van der Waals surface area contributed by atoms with Gasteiger partial charge in [-0.25, -0.2) is 0 Å². The molecule has 0 saturated heterocycles. The molecule has 0 heterocycles. The number of benzene rings is 2. The van der Waals surface area contributed by atoms with Crippen LogP contribution in [0.5, 0.6) is 5.75 Å². The molecule has 0 saturated carbocycles. The van der Waals surface area contributed by atoms with Crippen molar-refractivity contribution in [2.75, 3.05) is 7.11 Å². The number of rotatable bonds is 5. The van der Waals surface area contributed by atoms with Crippen LogP contribution in [0, 0.1) is 0 Å². The lowest BCUT2D eigenvalue weighted by molar-refractivity contribution is 0.0992. The molecule has 0 bridgehead atoms. The van der Waals surface area contributed by atoms with Gasteiger partial charge in [0.05, 0.1) is 20.3 Å². The van der Waals surface area contributed by atoms with Crippen molar-refractivity contribution in [3.05, 3.63) is 64.7 Å². The van der Waals surface area contributed by atoms with Crippen LogP contribution in [0.15, 0.2) is 42.5 Å². The Bertz CT molecular complexity index is 644. The number of aryl methyl sites for hydroxylation is 1. The Morgan fingerprint density at radius 1 is 0.952 bits per heavy atom. The quantitative estimate of drug-likeness (QED) is 0.841. The van der Waals surface area contributed by atoms with Gasteiger partial charge in [0.2, 0.25) is 0 Å². The maximum absolute atomic E-state index is 11.7. The first-order valence-electron chi connectivity index (χ1n) is 7.12. The number of fused-ring (bicyclic) bond motifs is 1. The lowest BCUT2D eigenvalue weighted by atomic mass is 10.1. The van der Waals surface area contributed by atoms with Crippen LogP contribution in [0.4, 0.5) is 0 Å². The van der Waals surface area contributed by atoms with Crippen molar-refractivity contribution in [1.29, 1.82) is 0 Å². The standard InChI is InChI=1S/C18H18O3/c1-20-16-7-3-13(4-8-16)11-21-12-14-2-5-15-6-9-18(19)17(15)10-14/h2-5,7-8,10H,6,9,11-12H2,1H3. The molecule has 21 heavy (non-hydrogen) atoms. The molecule has 0 amide bonds. The van der Waals surface area contributed by atoms with Crippen molar-refractivity contribution in [2.24, 2.45) is 0 Å². The Labute approximate surface area is 124 Å². The average Bonchev–Trinajstić information content (AvgIpc) is 2.89. The van der Waals surface area contributed by atoms with E-state index in [4.69, 9.17) is 9.47 Å². The third-order valence-electron chi connectivity index (χ3n) is 3.79. The van der Waals surface area contributed by atoms with E-state index in [9.17, 15) is 4.79 Å². The lowest BCUT2D eigenvalue weighted by Crippen LogP contribution is -1.97. The van der Waals surface area contributed by atoms with E-state index in [1.165, 1.54) is 5.56 Å². The Morgan fingerprint density at radius 3 is 2.43 bits per heavy atom. The predicted molar refractivity (Wildman–Crippen MR) is 80.6 cm³/mol. The van der Waals surface area contributed by atoms with Gasteiger partial charge in [0.1, 0.15) is 5.75 Å². The Morgan fingerprint density at radius 2 is 1.67 bits per heavy atom. The Hall–Kier alpha value is -2.13. The topological polar surface area (TPSA) is 35.5 Å². The summed E-state index contributed by atoms with van der Waals surface area (Å²) in [6.07, 6.45) is 1.52. The van der Waals surface area contributed by atoms with Gasteiger partial charge in [0, 0.05) is 12.0 Å². The second-order valence-electron chi connectivity index (χ2n) is 5.26. The molecule has 0 aliphatic heterocycles. The molecule has 0 radical (unpaired) electrons. The number of hydrogen-bond acceptors (Lipinski definition) is 3. The van der Waals surface area contributed by atoms with E-state index in [0.717, 1.165) is 28.9 Å². The van der Waals surface area contributed by atoms with Crippen LogP contribution in [-0.2, 0) is 24.4 Å². The molecule has 0 N–H and O–H groups in total. The van der Waals surface area contributed by atoms with E-state index < -0.39 is 0 Å². The zero-order valence-corrected chi connectivity index (χ0v) is 12.1. The number of methoxy groups -OCH3 is 1. The summed E-state index contributed by atoms with van der Waals surface area (Å²) in [4.78, 5) is 11.7. The van der Waals surface area contributed by atoms with Crippen molar-refractivity contribution in [3.63, 3.8) is 0 Å². The van der Waals surface area contributed by atoms with E-state index >= 15 is 0 Å². The fourth-order valence-electron chi connectivity index (χ4n) is 2.58. The van der Waals surface area contributed by atoms with Crippen LogP contribution < -0.4 is 4.74 Å². The summed E-state index contributed by atoms with van der Waals surface area (Å²) >= 11 is 0. The van der Waals surface area contributed by atoms with Gasteiger partial charge in [0.25, 0.3) is 0 Å². The van der Waals surface area contributed by atoms with E-state index in [1.807, 2.05) is 42.5 Å². The summed E-state index contributed by atoms with van der Waals surface area (Å²) in [5, 5.41) is 0. The molecule has 108 valence electrons. The van der Waals surface area contributed by atoms with Crippen molar-refractivity contribution >= 4 is 5.78 Å². The van der Waals surface area contributed by atoms with E-state index in [-0.39, 0.29) is 5.78 Å². The van der Waals surface area contributed by atoms with Crippen LogP contribution in [0.3, 0.4) is 0 Å². The highest BCUT2D eigenvalue weighted by atomic mass is 16.5. The molecule has 0 spiro atoms. The molecule has 3 heteroatoms. The number of ether oxygens (including phenoxy) is 2. The smallest absolute Gasteiger partial charge is 0.163 e. The number of carbonyl (C=O) groups is 1. The molecule has 1 aliphatic rings. The maximum Gasteiger partial charge on any atom is 0.163 e. The molecular weight excluding hydrogens is 264 g/mol. The van der Waals surface area contributed by atoms with Gasteiger partial charge in [-0.3, -0.25) is 4.79 Å². The zero-order chi connectivity index (χ0) is 14.7. The lowest BCUT2D eigenvalue weighted by Gasteiger charge is -2.07. The molecular formula is C18H18O3. The zero-order valence-electron chi connectivity index (χ0n) is 12.1. The number of Topliss-reactive ketones (excluding diaryl/α,β-unsaturated/α-hetero) is 1. The summed E-state index contributed by atoms with van der Waals surface area (Å²) in [5.74, 6) is 1.10. The van der Waals surface area contributed by atoms with Gasteiger partial charge in [-0.2, -0.15) is 0 Å². The minimum absolute atomic E-state index is 0.252. The van der Waals surface area contributed by atoms with Crippen LogP contribution in [0.25, 0.3) is 0 Å².